The zero-order valence-electron chi connectivity index (χ0n) is 25.7. The molecular formula is C34H40ClN3O4Si. The number of carbonyl (C=O) groups excluding carboxylic acids is 1. The average Bonchev–Trinajstić information content (AvgIpc) is 2.96. The van der Waals surface area contributed by atoms with Crippen LogP contribution in [-0.4, -0.2) is 49.3 Å². The van der Waals surface area contributed by atoms with E-state index in [1.54, 1.807) is 7.05 Å². The molecule has 4 rings (SSSR count). The molecule has 43 heavy (non-hydrogen) atoms. The lowest BCUT2D eigenvalue weighted by Crippen LogP contribution is -2.43. The molecule has 0 aliphatic heterocycles. The van der Waals surface area contributed by atoms with Gasteiger partial charge in [0, 0.05) is 30.6 Å². The minimum absolute atomic E-state index is 0.0280. The van der Waals surface area contributed by atoms with E-state index >= 15 is 0 Å². The molecule has 0 aliphatic carbocycles. The summed E-state index contributed by atoms with van der Waals surface area (Å²) in [6, 6.07) is 24.9. The lowest BCUT2D eigenvalue weighted by atomic mass is 9.97. The minimum atomic E-state index is -1.99. The van der Waals surface area contributed by atoms with Crippen molar-refractivity contribution in [1.29, 1.82) is 0 Å². The van der Waals surface area contributed by atoms with E-state index in [-0.39, 0.29) is 29.5 Å². The second-order valence-electron chi connectivity index (χ2n) is 12.1. The molecule has 0 unspecified atom stereocenters. The summed E-state index contributed by atoms with van der Waals surface area (Å²) in [4.78, 5) is 36.3. The standard InChI is InChI=1S/C34H40ClN3O4Si/c1-34(2,3)43(5,6)42-21-20-38(4)33(40)30-31(41-23-24-14-8-7-9-15-24)32(39)37-29(36-30)22-25-16-10-11-17-26(25)27-18-12-13-19-28(27)35/h7-19H,20-23H2,1-6H3,(H,36,37,39). The van der Waals surface area contributed by atoms with E-state index in [1.807, 2.05) is 78.9 Å². The quantitative estimate of drug-likeness (QED) is 0.178. The molecule has 1 N–H and O–H groups in total. The number of rotatable bonds is 11. The van der Waals surface area contributed by atoms with Crippen molar-refractivity contribution < 1.29 is 14.0 Å². The fraction of sp³-hybridized carbons (Fsp3) is 0.324. The molecule has 0 aliphatic rings. The Morgan fingerprint density at radius 3 is 2.26 bits per heavy atom. The largest absolute Gasteiger partial charge is 0.481 e. The molecular weight excluding hydrogens is 578 g/mol. The lowest BCUT2D eigenvalue weighted by Gasteiger charge is -2.36. The number of benzene rings is 3. The molecule has 4 aromatic rings. The van der Waals surface area contributed by atoms with Gasteiger partial charge in [-0.1, -0.05) is 105 Å². The minimum Gasteiger partial charge on any atom is -0.481 e. The highest BCUT2D eigenvalue weighted by Gasteiger charge is 2.37. The van der Waals surface area contributed by atoms with Gasteiger partial charge in [0.15, 0.2) is 14.0 Å². The number of hydrogen-bond acceptors (Lipinski definition) is 5. The number of halogens is 1. The van der Waals surface area contributed by atoms with Gasteiger partial charge in [-0.3, -0.25) is 9.59 Å². The second-order valence-corrected chi connectivity index (χ2v) is 17.3. The van der Waals surface area contributed by atoms with Gasteiger partial charge < -0.3 is 19.0 Å². The first kappa shape index (κ1) is 32.2. The predicted octanol–water partition coefficient (Wildman–Crippen LogP) is 7.35. The summed E-state index contributed by atoms with van der Waals surface area (Å²) in [5, 5.41) is 0.677. The highest BCUT2D eigenvalue weighted by Crippen LogP contribution is 2.36. The molecule has 0 saturated carbocycles. The van der Waals surface area contributed by atoms with Gasteiger partial charge >= 0.3 is 0 Å². The maximum atomic E-state index is 13.8. The van der Waals surface area contributed by atoms with Gasteiger partial charge in [0.25, 0.3) is 11.5 Å². The highest BCUT2D eigenvalue weighted by molar-refractivity contribution is 6.74. The number of nitrogens with one attached hydrogen (secondary N) is 1. The van der Waals surface area contributed by atoms with Gasteiger partial charge in [0.2, 0.25) is 5.75 Å². The van der Waals surface area contributed by atoms with Crippen molar-refractivity contribution in [3.63, 3.8) is 0 Å². The number of nitrogens with zero attached hydrogens (tertiary/aromatic N) is 2. The maximum Gasteiger partial charge on any atom is 0.294 e. The lowest BCUT2D eigenvalue weighted by molar-refractivity contribution is 0.0757. The number of amides is 1. The van der Waals surface area contributed by atoms with E-state index in [1.165, 1.54) is 4.90 Å². The predicted molar refractivity (Wildman–Crippen MR) is 175 cm³/mol. The maximum absolute atomic E-state index is 13.8. The SMILES string of the molecule is CN(CCO[Si](C)(C)C(C)(C)C)C(=O)c1nc(Cc2ccccc2-c2ccccc2Cl)[nH]c(=O)c1OCc1ccccc1. The van der Waals surface area contributed by atoms with Crippen LogP contribution < -0.4 is 10.3 Å². The van der Waals surface area contributed by atoms with Gasteiger partial charge in [0.1, 0.15) is 12.4 Å². The van der Waals surface area contributed by atoms with Crippen LogP contribution in [0.25, 0.3) is 11.1 Å². The van der Waals surface area contributed by atoms with Crippen molar-refractivity contribution in [3.05, 3.63) is 117 Å². The molecule has 9 heteroatoms. The molecule has 0 radical (unpaired) electrons. The third-order valence-electron chi connectivity index (χ3n) is 7.94. The molecule has 0 fully saturated rings. The Balaban J connectivity index is 1.65. The van der Waals surface area contributed by atoms with E-state index in [4.69, 9.17) is 20.8 Å². The van der Waals surface area contributed by atoms with Crippen LogP contribution in [0, 0.1) is 0 Å². The molecule has 3 aromatic carbocycles. The Morgan fingerprint density at radius 2 is 1.58 bits per heavy atom. The Hall–Kier alpha value is -3.72. The first-order valence-electron chi connectivity index (χ1n) is 14.4. The normalized spacial score (nSPS) is 11.8. The molecule has 0 bridgehead atoms. The van der Waals surface area contributed by atoms with Crippen molar-refractivity contribution >= 4 is 25.8 Å². The van der Waals surface area contributed by atoms with E-state index < -0.39 is 19.8 Å². The number of aromatic nitrogens is 2. The summed E-state index contributed by atoms with van der Waals surface area (Å²) in [6.07, 6.45) is 0.286. The molecule has 0 spiro atoms. The molecule has 7 nitrogen and oxygen atoms in total. The van der Waals surface area contributed by atoms with E-state index in [0.29, 0.717) is 24.0 Å². The number of ether oxygens (including phenoxy) is 1. The summed E-state index contributed by atoms with van der Waals surface area (Å²) in [5.74, 6) is -0.159. The fourth-order valence-electron chi connectivity index (χ4n) is 4.34. The summed E-state index contributed by atoms with van der Waals surface area (Å²) in [7, 11) is -0.300. The Morgan fingerprint density at radius 1 is 0.953 bits per heavy atom. The zero-order chi connectivity index (χ0) is 31.2. The van der Waals surface area contributed by atoms with E-state index in [0.717, 1.165) is 22.3 Å². The zero-order valence-corrected chi connectivity index (χ0v) is 27.5. The van der Waals surface area contributed by atoms with Crippen molar-refractivity contribution in [2.75, 3.05) is 20.2 Å². The van der Waals surface area contributed by atoms with Crippen LogP contribution in [0.4, 0.5) is 0 Å². The van der Waals surface area contributed by atoms with Crippen LogP contribution >= 0.6 is 11.6 Å². The van der Waals surface area contributed by atoms with E-state index in [9.17, 15) is 9.59 Å². The molecule has 1 aromatic heterocycles. The number of hydrogen-bond donors (Lipinski definition) is 1. The summed E-state index contributed by atoms with van der Waals surface area (Å²) >= 11 is 6.51. The second kappa shape index (κ2) is 13.7. The third kappa shape index (κ3) is 8.01. The highest BCUT2D eigenvalue weighted by atomic mass is 35.5. The van der Waals surface area contributed by atoms with Gasteiger partial charge in [-0.2, -0.15) is 0 Å². The first-order chi connectivity index (χ1) is 20.4. The Bertz CT molecular complexity index is 1620. The number of carbonyl (C=O) groups is 1. The average molecular weight is 618 g/mol. The number of aromatic amines is 1. The van der Waals surface area contributed by atoms with Crippen molar-refractivity contribution in [2.24, 2.45) is 0 Å². The molecule has 0 saturated heterocycles. The Kier molecular flexibility index (Phi) is 10.3. The van der Waals surface area contributed by atoms with Crippen LogP contribution in [0.3, 0.4) is 0 Å². The van der Waals surface area contributed by atoms with E-state index in [2.05, 4.69) is 43.8 Å². The van der Waals surface area contributed by atoms with Crippen LogP contribution in [0.2, 0.25) is 23.2 Å². The fourth-order valence-corrected chi connectivity index (χ4v) is 5.61. The van der Waals surface area contributed by atoms with Crippen LogP contribution in [0.5, 0.6) is 5.75 Å². The van der Waals surface area contributed by atoms with Crippen LogP contribution in [0.1, 0.15) is 48.2 Å². The smallest absolute Gasteiger partial charge is 0.294 e. The third-order valence-corrected chi connectivity index (χ3v) is 12.8. The van der Waals surface area contributed by atoms with Gasteiger partial charge in [-0.05, 0) is 40.9 Å². The number of likely N-dealkylation sites (N-methyl/N-ethyl adjacent to an activating group) is 1. The monoisotopic (exact) mass is 617 g/mol. The van der Waals surface area contributed by atoms with Crippen LogP contribution in [-0.2, 0) is 17.5 Å². The van der Waals surface area contributed by atoms with Gasteiger partial charge in [-0.15, -0.1) is 0 Å². The first-order valence-corrected chi connectivity index (χ1v) is 17.7. The molecule has 1 heterocycles. The number of H-pyrrole nitrogens is 1. The van der Waals surface area contributed by atoms with Crippen molar-refractivity contribution in [3.8, 4) is 16.9 Å². The molecule has 226 valence electrons. The van der Waals surface area contributed by atoms with Gasteiger partial charge in [0.05, 0.1) is 6.61 Å². The van der Waals surface area contributed by atoms with Crippen LogP contribution in [0.15, 0.2) is 83.7 Å². The van der Waals surface area contributed by atoms with Crippen molar-refractivity contribution in [2.45, 2.75) is 51.9 Å². The van der Waals surface area contributed by atoms with Crippen molar-refractivity contribution in [1.82, 2.24) is 14.9 Å². The summed E-state index contributed by atoms with van der Waals surface area (Å²) in [6.45, 7) is 11.7. The summed E-state index contributed by atoms with van der Waals surface area (Å²) < 4.78 is 12.2. The molecule has 0 atom stereocenters. The Labute approximate surface area is 260 Å². The topological polar surface area (TPSA) is 84.5 Å². The molecule has 1 amide bonds. The van der Waals surface area contributed by atoms with Gasteiger partial charge in [-0.25, -0.2) is 4.98 Å². The summed E-state index contributed by atoms with van der Waals surface area (Å²) in [5.41, 5.74) is 3.04.